The van der Waals surface area contributed by atoms with Gasteiger partial charge in [-0.05, 0) is 51.2 Å². The number of hydrogen-bond donors (Lipinski definition) is 2. The third-order valence-electron chi connectivity index (χ3n) is 6.35. The molecule has 0 radical (unpaired) electrons. The van der Waals surface area contributed by atoms with Gasteiger partial charge in [0.2, 0.25) is 0 Å². The van der Waals surface area contributed by atoms with E-state index in [0.717, 1.165) is 22.0 Å². The molecule has 0 atom stereocenters. The topological polar surface area (TPSA) is 112 Å². The fraction of sp³-hybridized carbons (Fsp3) is 0.179. The average molecular weight is 476 g/mol. The van der Waals surface area contributed by atoms with Crippen LogP contribution in [0.15, 0.2) is 66.7 Å². The van der Waals surface area contributed by atoms with E-state index in [1.165, 1.54) is 5.56 Å². The van der Waals surface area contributed by atoms with Crippen molar-refractivity contribution in [3.63, 3.8) is 0 Å². The van der Waals surface area contributed by atoms with Gasteiger partial charge in [0.05, 0.1) is 22.8 Å². The molecule has 5 rings (SSSR count). The number of aromatic nitrogens is 5. The van der Waals surface area contributed by atoms with Gasteiger partial charge < -0.3 is 9.88 Å². The fourth-order valence-electron chi connectivity index (χ4n) is 4.40. The van der Waals surface area contributed by atoms with Gasteiger partial charge in [-0.3, -0.25) is 4.79 Å². The van der Waals surface area contributed by atoms with Crippen LogP contribution in [0.3, 0.4) is 0 Å². The van der Waals surface area contributed by atoms with Crippen LogP contribution in [0.1, 0.15) is 42.4 Å². The Labute approximate surface area is 208 Å². The van der Waals surface area contributed by atoms with Crippen LogP contribution in [-0.2, 0) is 12.5 Å². The molecule has 0 saturated heterocycles. The molecular formula is C28H25N7O. The van der Waals surface area contributed by atoms with Crippen LogP contribution in [0.25, 0.3) is 33.4 Å². The first kappa shape index (κ1) is 23.0. The number of aromatic amines is 1. The number of amides is 1. The fourth-order valence-corrected chi connectivity index (χ4v) is 4.40. The Kier molecular flexibility index (Phi) is 5.61. The zero-order valence-corrected chi connectivity index (χ0v) is 20.5. The van der Waals surface area contributed by atoms with E-state index in [9.17, 15) is 10.1 Å². The summed E-state index contributed by atoms with van der Waals surface area (Å²) in [5.41, 5.74) is 6.45. The molecule has 0 saturated carbocycles. The molecule has 178 valence electrons. The summed E-state index contributed by atoms with van der Waals surface area (Å²) in [6, 6.07) is 23.6. The number of para-hydroxylation sites is 1. The Morgan fingerprint density at radius 3 is 2.47 bits per heavy atom. The van der Waals surface area contributed by atoms with E-state index >= 15 is 0 Å². The molecule has 36 heavy (non-hydrogen) atoms. The number of benzene rings is 3. The zero-order chi connectivity index (χ0) is 25.4. The van der Waals surface area contributed by atoms with E-state index < -0.39 is 0 Å². The second-order valence-corrected chi connectivity index (χ2v) is 9.74. The van der Waals surface area contributed by atoms with Crippen molar-refractivity contribution in [2.75, 3.05) is 5.32 Å². The van der Waals surface area contributed by atoms with Gasteiger partial charge in [0.1, 0.15) is 5.69 Å². The van der Waals surface area contributed by atoms with E-state index in [1.807, 2.05) is 29.8 Å². The lowest BCUT2D eigenvalue weighted by atomic mass is 9.86. The number of H-pyrrole nitrogens is 1. The summed E-state index contributed by atoms with van der Waals surface area (Å²) < 4.78 is 1.91. The van der Waals surface area contributed by atoms with Crippen LogP contribution in [0.5, 0.6) is 0 Å². The van der Waals surface area contributed by atoms with Crippen LogP contribution in [-0.4, -0.2) is 31.1 Å². The van der Waals surface area contributed by atoms with E-state index in [1.54, 1.807) is 18.2 Å². The summed E-state index contributed by atoms with van der Waals surface area (Å²) in [5.74, 6) is 0.0848. The van der Waals surface area contributed by atoms with Crippen molar-refractivity contribution in [1.82, 2.24) is 25.2 Å². The minimum Gasteiger partial charge on any atom is -0.339 e. The van der Waals surface area contributed by atoms with Crippen LogP contribution in [0.2, 0.25) is 0 Å². The molecule has 0 fully saturated rings. The molecular weight excluding hydrogens is 450 g/mol. The Morgan fingerprint density at radius 2 is 1.81 bits per heavy atom. The number of nitrogens with zero attached hydrogens (tertiary/aromatic N) is 5. The summed E-state index contributed by atoms with van der Waals surface area (Å²) in [7, 11) is 1.89. The number of rotatable bonds is 4. The summed E-state index contributed by atoms with van der Waals surface area (Å²) in [5, 5.41) is 27.1. The first-order valence-corrected chi connectivity index (χ1v) is 11.6. The largest absolute Gasteiger partial charge is 0.339 e. The van der Waals surface area contributed by atoms with Gasteiger partial charge in [-0.1, -0.05) is 63.2 Å². The molecule has 0 spiro atoms. The quantitative estimate of drug-likeness (QED) is 0.359. The smallest absolute Gasteiger partial charge is 0.272 e. The molecule has 0 aliphatic carbocycles. The monoisotopic (exact) mass is 475 g/mol. The van der Waals surface area contributed by atoms with Crippen LogP contribution in [0, 0.1) is 11.3 Å². The number of nitrogens with one attached hydrogen (secondary N) is 2. The molecule has 0 bridgehead atoms. The average Bonchev–Trinajstić information content (AvgIpc) is 3.52. The summed E-state index contributed by atoms with van der Waals surface area (Å²) in [4.78, 5) is 13.4. The normalized spacial score (nSPS) is 11.4. The summed E-state index contributed by atoms with van der Waals surface area (Å²) in [6.45, 7) is 6.59. The number of fused-ring (bicyclic) bond motifs is 1. The number of tetrazole rings is 1. The van der Waals surface area contributed by atoms with E-state index in [4.69, 9.17) is 0 Å². The number of carbonyl (C=O) groups excluding carboxylic acids is 1. The first-order chi connectivity index (χ1) is 17.3. The highest BCUT2D eigenvalue weighted by atomic mass is 16.1. The van der Waals surface area contributed by atoms with Gasteiger partial charge in [-0.2, -0.15) is 5.26 Å². The van der Waals surface area contributed by atoms with E-state index in [2.05, 4.69) is 83.1 Å². The summed E-state index contributed by atoms with van der Waals surface area (Å²) >= 11 is 0. The third kappa shape index (κ3) is 4.12. The number of anilines is 1. The molecule has 3 aromatic carbocycles. The minimum atomic E-state index is -0.277. The van der Waals surface area contributed by atoms with Gasteiger partial charge in [-0.15, -0.1) is 5.10 Å². The molecule has 8 heteroatoms. The van der Waals surface area contributed by atoms with Crippen LogP contribution < -0.4 is 5.32 Å². The van der Waals surface area contributed by atoms with Gasteiger partial charge in [0.25, 0.3) is 5.91 Å². The van der Waals surface area contributed by atoms with Crippen molar-refractivity contribution < 1.29 is 4.79 Å². The van der Waals surface area contributed by atoms with Gasteiger partial charge in [0.15, 0.2) is 5.82 Å². The predicted octanol–water partition coefficient (Wildman–Crippen LogP) is 5.45. The lowest BCUT2D eigenvalue weighted by Gasteiger charge is -2.19. The maximum atomic E-state index is 13.4. The lowest BCUT2D eigenvalue weighted by molar-refractivity contribution is 0.102. The number of carbonyl (C=O) groups is 1. The lowest BCUT2D eigenvalue weighted by Crippen LogP contribution is -2.16. The summed E-state index contributed by atoms with van der Waals surface area (Å²) in [6.07, 6.45) is 0. The molecule has 1 amide bonds. The van der Waals surface area contributed by atoms with Crippen molar-refractivity contribution in [3.8, 4) is 28.6 Å². The van der Waals surface area contributed by atoms with Gasteiger partial charge in [0, 0.05) is 23.6 Å². The number of hydrogen-bond acceptors (Lipinski definition) is 5. The highest BCUT2D eigenvalue weighted by Crippen LogP contribution is 2.33. The second-order valence-electron chi connectivity index (χ2n) is 9.74. The SMILES string of the molecule is Cn1c(C(=O)Nc2ccc(C#N)cc2-c2nnn[nH]2)cc2cccc(-c3ccc(C(C)(C)C)cc3)c21. The molecule has 0 aliphatic heterocycles. The van der Waals surface area contributed by atoms with Gasteiger partial charge in [-0.25, -0.2) is 5.10 Å². The third-order valence-corrected chi connectivity index (χ3v) is 6.35. The Bertz CT molecular complexity index is 1620. The van der Waals surface area contributed by atoms with Crippen molar-refractivity contribution in [1.29, 1.82) is 5.26 Å². The van der Waals surface area contributed by atoms with Crippen molar-refractivity contribution in [2.45, 2.75) is 26.2 Å². The Morgan fingerprint density at radius 1 is 1.03 bits per heavy atom. The second kappa shape index (κ2) is 8.78. The molecule has 2 heterocycles. The maximum absolute atomic E-state index is 13.4. The number of nitriles is 1. The predicted molar refractivity (Wildman–Crippen MR) is 139 cm³/mol. The molecule has 0 aliphatic rings. The van der Waals surface area contributed by atoms with Crippen LogP contribution in [0.4, 0.5) is 5.69 Å². The highest BCUT2D eigenvalue weighted by Gasteiger charge is 2.19. The zero-order valence-electron chi connectivity index (χ0n) is 20.5. The van der Waals surface area contributed by atoms with Crippen molar-refractivity contribution in [2.24, 2.45) is 7.05 Å². The van der Waals surface area contributed by atoms with Crippen LogP contribution >= 0.6 is 0 Å². The van der Waals surface area contributed by atoms with E-state index in [-0.39, 0.29) is 11.3 Å². The molecule has 0 unspecified atom stereocenters. The minimum absolute atomic E-state index is 0.0762. The van der Waals surface area contributed by atoms with Crippen molar-refractivity contribution in [3.05, 3.63) is 83.6 Å². The van der Waals surface area contributed by atoms with Gasteiger partial charge >= 0.3 is 0 Å². The molecule has 5 aromatic rings. The Balaban J connectivity index is 1.53. The standard InChI is InChI=1S/C28H25N7O/c1-28(2,3)20-11-9-18(10-12-20)21-7-5-6-19-15-24(35(4)25(19)21)27(36)30-23-13-8-17(16-29)14-22(23)26-31-33-34-32-26/h5-15H,1-4H3,(H,30,36)(H,31,32,33,34). The molecule has 8 nitrogen and oxygen atoms in total. The maximum Gasteiger partial charge on any atom is 0.272 e. The Hall–Kier alpha value is -4.77. The van der Waals surface area contributed by atoms with E-state index in [0.29, 0.717) is 28.3 Å². The first-order valence-electron chi connectivity index (χ1n) is 11.6. The molecule has 2 aromatic heterocycles. The van der Waals surface area contributed by atoms with Crippen molar-refractivity contribution >= 4 is 22.5 Å². The highest BCUT2D eigenvalue weighted by molar-refractivity contribution is 6.09. The number of aryl methyl sites for hydroxylation is 1. The molecule has 2 N–H and O–H groups in total.